The zero-order chi connectivity index (χ0) is 23.7. The highest BCUT2D eigenvalue weighted by Gasteiger charge is 2.37. The van der Waals surface area contributed by atoms with Gasteiger partial charge in [-0.05, 0) is 56.7 Å². The van der Waals surface area contributed by atoms with Gasteiger partial charge in [-0.2, -0.15) is 26.3 Å². The molecule has 1 aromatic heterocycles. The van der Waals surface area contributed by atoms with Crippen molar-refractivity contribution < 1.29 is 35.7 Å². The number of carbonyl (C=O) groups is 1. The van der Waals surface area contributed by atoms with E-state index in [4.69, 9.17) is 4.52 Å². The number of aryl methyl sites for hydroxylation is 1. The lowest BCUT2D eigenvalue weighted by molar-refractivity contribution is -0.143. The number of hydrogen-bond acceptors (Lipinski definition) is 4. The molecule has 2 aromatic rings. The molecule has 0 radical (unpaired) electrons. The van der Waals surface area contributed by atoms with Gasteiger partial charge in [0.25, 0.3) is 5.91 Å². The summed E-state index contributed by atoms with van der Waals surface area (Å²) in [5.74, 6) is 0.547. The van der Waals surface area contributed by atoms with Gasteiger partial charge in [-0.1, -0.05) is 5.16 Å². The minimum absolute atomic E-state index is 0.00488. The van der Waals surface area contributed by atoms with Gasteiger partial charge >= 0.3 is 12.4 Å². The zero-order valence-corrected chi connectivity index (χ0v) is 17.5. The summed E-state index contributed by atoms with van der Waals surface area (Å²) in [6, 6.07) is 2.94. The van der Waals surface area contributed by atoms with Gasteiger partial charge in [0.2, 0.25) is 0 Å². The number of halogens is 6. The third-order valence-corrected chi connectivity index (χ3v) is 5.74. The molecule has 1 aliphatic carbocycles. The number of alkyl halides is 6. The van der Waals surface area contributed by atoms with Gasteiger partial charge in [-0.15, -0.1) is 0 Å². The number of aromatic nitrogens is 1. The molecule has 32 heavy (non-hydrogen) atoms. The molecule has 0 spiro atoms. The SMILES string of the molecule is Cc1cc(N(C)C2CCC(CNC(=O)c3cc(C(F)(F)F)cc(C(F)(F)F)c3)CC2)no1. The van der Waals surface area contributed by atoms with E-state index in [0.29, 0.717) is 17.9 Å². The molecule has 176 valence electrons. The van der Waals surface area contributed by atoms with Crippen LogP contribution in [0.15, 0.2) is 28.8 Å². The van der Waals surface area contributed by atoms with Crippen molar-refractivity contribution in [3.8, 4) is 0 Å². The van der Waals surface area contributed by atoms with Crippen molar-refractivity contribution in [3.05, 3.63) is 46.7 Å². The third kappa shape index (κ3) is 5.74. The number of nitrogens with one attached hydrogen (secondary N) is 1. The van der Waals surface area contributed by atoms with Crippen LogP contribution in [0.3, 0.4) is 0 Å². The van der Waals surface area contributed by atoms with Gasteiger partial charge < -0.3 is 14.7 Å². The Hall–Kier alpha value is -2.72. The topological polar surface area (TPSA) is 58.4 Å². The van der Waals surface area contributed by atoms with Gasteiger partial charge in [0, 0.05) is 31.3 Å². The van der Waals surface area contributed by atoms with Crippen LogP contribution >= 0.6 is 0 Å². The molecular weight excluding hydrogens is 440 g/mol. The number of nitrogens with zero attached hydrogens (tertiary/aromatic N) is 2. The van der Waals surface area contributed by atoms with Crippen molar-refractivity contribution in [2.24, 2.45) is 5.92 Å². The second-order valence-electron chi connectivity index (χ2n) is 8.09. The van der Waals surface area contributed by atoms with Crippen LogP contribution < -0.4 is 10.2 Å². The van der Waals surface area contributed by atoms with Crippen molar-refractivity contribution in [2.45, 2.75) is 51.0 Å². The van der Waals surface area contributed by atoms with Gasteiger partial charge in [0.1, 0.15) is 5.76 Å². The Labute approximate surface area is 180 Å². The van der Waals surface area contributed by atoms with Gasteiger partial charge in [-0.25, -0.2) is 0 Å². The summed E-state index contributed by atoms with van der Waals surface area (Å²) in [4.78, 5) is 14.4. The maximum Gasteiger partial charge on any atom is 0.416 e. The fraction of sp³-hybridized carbons (Fsp3) is 0.524. The van der Waals surface area contributed by atoms with Crippen LogP contribution in [0.1, 0.15) is 52.9 Å². The Balaban J connectivity index is 1.59. The van der Waals surface area contributed by atoms with Crippen LogP contribution in [0.25, 0.3) is 0 Å². The van der Waals surface area contributed by atoms with Crippen LogP contribution in [-0.4, -0.2) is 30.7 Å². The van der Waals surface area contributed by atoms with Crippen LogP contribution in [-0.2, 0) is 12.4 Å². The number of benzene rings is 1. The average molecular weight is 463 g/mol. The first-order valence-electron chi connectivity index (χ1n) is 10.1. The van der Waals surface area contributed by atoms with E-state index in [1.165, 1.54) is 0 Å². The van der Waals surface area contributed by atoms with Crippen LogP contribution in [0.5, 0.6) is 0 Å². The minimum Gasteiger partial charge on any atom is -0.360 e. The summed E-state index contributed by atoms with van der Waals surface area (Å²) in [7, 11) is 1.91. The Morgan fingerprint density at radius 3 is 2.06 bits per heavy atom. The molecule has 0 unspecified atom stereocenters. The fourth-order valence-corrected chi connectivity index (χ4v) is 3.87. The number of amides is 1. The van der Waals surface area contributed by atoms with Gasteiger partial charge in [-0.3, -0.25) is 4.79 Å². The molecule has 3 rings (SSSR count). The van der Waals surface area contributed by atoms with Crippen molar-refractivity contribution in [1.29, 1.82) is 0 Å². The molecule has 0 bridgehead atoms. The molecule has 5 nitrogen and oxygen atoms in total. The molecule has 1 heterocycles. The van der Waals surface area contributed by atoms with E-state index in [0.717, 1.165) is 31.5 Å². The maximum atomic E-state index is 13.0. The first kappa shape index (κ1) is 23.9. The summed E-state index contributed by atoms with van der Waals surface area (Å²) in [6.45, 7) is 1.97. The molecule has 0 aliphatic heterocycles. The lowest BCUT2D eigenvalue weighted by Gasteiger charge is -2.34. The first-order valence-corrected chi connectivity index (χ1v) is 10.1. The molecule has 1 fully saturated rings. The average Bonchev–Trinajstić information content (AvgIpc) is 3.16. The van der Waals surface area contributed by atoms with Gasteiger partial charge in [0.15, 0.2) is 5.82 Å². The lowest BCUT2D eigenvalue weighted by atomic mass is 9.85. The van der Waals surface area contributed by atoms with Crippen molar-refractivity contribution in [2.75, 3.05) is 18.5 Å². The summed E-state index contributed by atoms with van der Waals surface area (Å²) >= 11 is 0. The predicted molar refractivity (Wildman–Crippen MR) is 104 cm³/mol. The standard InChI is InChI=1S/C21H23F6N3O2/c1-12-7-18(29-32-12)30(2)17-5-3-13(4-6-17)11-28-19(31)14-8-15(20(22,23)24)10-16(9-14)21(25,26)27/h7-10,13,17H,3-6,11H2,1-2H3,(H,28,31). The van der Waals surface area contributed by atoms with Crippen molar-refractivity contribution in [3.63, 3.8) is 0 Å². The van der Waals surface area contributed by atoms with Crippen LogP contribution in [0, 0.1) is 12.8 Å². The Morgan fingerprint density at radius 2 is 1.59 bits per heavy atom. The normalized spacial score (nSPS) is 19.6. The molecule has 0 atom stereocenters. The van der Waals surface area contributed by atoms with E-state index < -0.39 is 35.0 Å². The fourth-order valence-electron chi connectivity index (χ4n) is 3.87. The Bertz CT molecular complexity index is 913. The molecule has 1 aliphatic rings. The maximum absolute atomic E-state index is 13.0. The quantitative estimate of drug-likeness (QED) is 0.600. The van der Waals surface area contributed by atoms with Crippen LogP contribution in [0.2, 0.25) is 0 Å². The molecule has 11 heteroatoms. The van der Waals surface area contributed by atoms with E-state index >= 15 is 0 Å². The number of rotatable bonds is 5. The largest absolute Gasteiger partial charge is 0.416 e. The molecule has 1 amide bonds. The first-order chi connectivity index (χ1) is 14.8. The summed E-state index contributed by atoms with van der Waals surface area (Å²) in [5, 5.41) is 6.48. The van der Waals surface area contributed by atoms with E-state index in [9.17, 15) is 31.1 Å². The van der Waals surface area contributed by atoms with Gasteiger partial charge in [0.05, 0.1) is 11.1 Å². The molecule has 1 N–H and O–H groups in total. The van der Waals surface area contributed by atoms with Crippen molar-refractivity contribution in [1.82, 2.24) is 10.5 Å². The smallest absolute Gasteiger partial charge is 0.360 e. The predicted octanol–water partition coefficient (Wildman–Crippen LogP) is 5.45. The highest BCUT2D eigenvalue weighted by atomic mass is 19.4. The second-order valence-corrected chi connectivity index (χ2v) is 8.09. The second kappa shape index (κ2) is 9.03. The third-order valence-electron chi connectivity index (χ3n) is 5.74. The number of carbonyl (C=O) groups excluding carboxylic acids is 1. The summed E-state index contributed by atoms with van der Waals surface area (Å²) in [6.07, 6.45) is -6.87. The highest BCUT2D eigenvalue weighted by Crippen LogP contribution is 2.36. The molecular formula is C21H23F6N3O2. The minimum atomic E-state index is -5.00. The Kier molecular flexibility index (Phi) is 6.75. The summed E-state index contributed by atoms with van der Waals surface area (Å²) < 4.78 is 83.0. The van der Waals surface area contributed by atoms with Crippen LogP contribution in [0.4, 0.5) is 32.2 Å². The highest BCUT2D eigenvalue weighted by molar-refractivity contribution is 5.94. The summed E-state index contributed by atoms with van der Waals surface area (Å²) in [5.41, 5.74) is -3.69. The van der Waals surface area contributed by atoms with E-state index in [1.54, 1.807) is 6.92 Å². The monoisotopic (exact) mass is 463 g/mol. The molecule has 0 saturated heterocycles. The van der Waals surface area contributed by atoms with Crippen molar-refractivity contribution >= 4 is 11.7 Å². The molecule has 1 saturated carbocycles. The van der Waals surface area contributed by atoms with E-state index in [-0.39, 0.29) is 24.6 Å². The molecule has 1 aromatic carbocycles. The Morgan fingerprint density at radius 1 is 1.03 bits per heavy atom. The van der Waals surface area contributed by atoms with E-state index in [2.05, 4.69) is 10.5 Å². The lowest BCUT2D eigenvalue weighted by Crippen LogP contribution is -2.38. The van der Waals surface area contributed by atoms with E-state index in [1.807, 2.05) is 18.0 Å². The number of anilines is 1. The zero-order valence-electron chi connectivity index (χ0n) is 17.5. The number of hydrogen-bond donors (Lipinski definition) is 1.